The van der Waals surface area contributed by atoms with E-state index in [0.29, 0.717) is 17.9 Å². The second kappa shape index (κ2) is 6.05. The van der Waals surface area contributed by atoms with Gasteiger partial charge in [-0.3, -0.25) is 4.31 Å². The van der Waals surface area contributed by atoms with Gasteiger partial charge in [-0.05, 0) is 37.3 Å². The summed E-state index contributed by atoms with van der Waals surface area (Å²) in [7, 11) is -2.31. The summed E-state index contributed by atoms with van der Waals surface area (Å²) in [6.07, 6.45) is 0. The van der Waals surface area contributed by atoms with Crippen molar-refractivity contribution in [2.24, 2.45) is 0 Å². The number of rotatable bonds is 5. The second-order valence-electron chi connectivity index (χ2n) is 4.42. The van der Waals surface area contributed by atoms with Crippen LogP contribution in [0, 0.1) is 0 Å². The minimum Gasteiger partial charge on any atom is -0.495 e. The molecule has 0 fully saturated rings. The van der Waals surface area contributed by atoms with Gasteiger partial charge in [-0.2, -0.15) is 0 Å². The number of methoxy groups -OCH3 is 1. The van der Waals surface area contributed by atoms with Crippen LogP contribution in [-0.2, 0) is 10.0 Å². The van der Waals surface area contributed by atoms with E-state index in [1.165, 1.54) is 17.5 Å². The molecule has 21 heavy (non-hydrogen) atoms. The maximum Gasteiger partial charge on any atom is 0.268 e. The second-order valence-corrected chi connectivity index (χ2v) is 6.25. The first-order valence-electron chi connectivity index (χ1n) is 6.52. The summed E-state index contributed by atoms with van der Waals surface area (Å²) < 4.78 is 32.3. The number of benzene rings is 2. The third-order valence-electron chi connectivity index (χ3n) is 3.09. The van der Waals surface area contributed by atoms with Gasteiger partial charge in [0.05, 0.1) is 12.8 Å². The van der Waals surface area contributed by atoms with Gasteiger partial charge in [-0.25, -0.2) is 8.42 Å². The summed E-state index contributed by atoms with van der Waals surface area (Å²) in [5.74, 6) is 0.276. The summed E-state index contributed by atoms with van der Waals surface area (Å²) >= 11 is 0. The minimum absolute atomic E-state index is 0.0655. The standard InChI is InChI=1S/C15H18N2O3S/c1-3-17(13-7-5-4-6-8-13)21(18,19)15-11-12(16)9-10-14(15)20-2/h4-11H,3,16H2,1-2H3. The summed E-state index contributed by atoms with van der Waals surface area (Å²) in [6.45, 7) is 2.09. The molecule has 6 heteroatoms. The lowest BCUT2D eigenvalue weighted by molar-refractivity contribution is 0.402. The number of para-hydroxylation sites is 1. The lowest BCUT2D eigenvalue weighted by atomic mass is 10.3. The highest BCUT2D eigenvalue weighted by Gasteiger charge is 2.27. The van der Waals surface area contributed by atoms with Crippen molar-refractivity contribution in [2.75, 3.05) is 23.7 Å². The number of nitrogens with zero attached hydrogens (tertiary/aromatic N) is 1. The number of anilines is 2. The lowest BCUT2D eigenvalue weighted by Crippen LogP contribution is -2.31. The lowest BCUT2D eigenvalue weighted by Gasteiger charge is -2.24. The molecule has 5 nitrogen and oxygen atoms in total. The first-order chi connectivity index (χ1) is 10.0. The average molecular weight is 306 g/mol. The van der Waals surface area contributed by atoms with Gasteiger partial charge in [0.1, 0.15) is 10.6 Å². The maximum atomic E-state index is 12.9. The Bertz CT molecular complexity index is 715. The van der Waals surface area contributed by atoms with Crippen molar-refractivity contribution in [3.05, 3.63) is 48.5 Å². The van der Waals surface area contributed by atoms with Gasteiger partial charge >= 0.3 is 0 Å². The monoisotopic (exact) mass is 306 g/mol. The third-order valence-corrected chi connectivity index (χ3v) is 5.01. The molecule has 2 rings (SSSR count). The van der Waals surface area contributed by atoms with Crippen LogP contribution in [0.5, 0.6) is 5.75 Å². The van der Waals surface area contributed by atoms with Crippen molar-refractivity contribution in [1.29, 1.82) is 0 Å². The molecule has 0 saturated heterocycles. The van der Waals surface area contributed by atoms with E-state index in [0.717, 1.165) is 0 Å². The summed E-state index contributed by atoms with van der Waals surface area (Å²) in [6, 6.07) is 13.5. The molecular formula is C15H18N2O3S. The Morgan fingerprint density at radius 3 is 2.38 bits per heavy atom. The minimum atomic E-state index is -3.74. The molecule has 2 N–H and O–H groups in total. The van der Waals surface area contributed by atoms with Gasteiger partial charge in [0, 0.05) is 12.2 Å². The van der Waals surface area contributed by atoms with E-state index in [4.69, 9.17) is 10.5 Å². The molecule has 0 amide bonds. The number of hydrogen-bond acceptors (Lipinski definition) is 4. The Morgan fingerprint density at radius 2 is 1.81 bits per heavy atom. The van der Waals surface area contributed by atoms with Gasteiger partial charge in [-0.15, -0.1) is 0 Å². The molecular weight excluding hydrogens is 288 g/mol. The topological polar surface area (TPSA) is 72.6 Å². The molecule has 0 aliphatic rings. The first-order valence-corrected chi connectivity index (χ1v) is 7.96. The van der Waals surface area contributed by atoms with Gasteiger partial charge < -0.3 is 10.5 Å². The van der Waals surface area contributed by atoms with Crippen LogP contribution in [0.2, 0.25) is 0 Å². The van der Waals surface area contributed by atoms with Crippen molar-refractivity contribution < 1.29 is 13.2 Å². The molecule has 0 unspecified atom stereocenters. The van der Waals surface area contributed by atoms with Crippen molar-refractivity contribution in [3.8, 4) is 5.75 Å². The van der Waals surface area contributed by atoms with Crippen molar-refractivity contribution in [2.45, 2.75) is 11.8 Å². The Kier molecular flexibility index (Phi) is 4.37. The zero-order chi connectivity index (χ0) is 15.5. The van der Waals surface area contributed by atoms with Crippen LogP contribution in [0.3, 0.4) is 0 Å². The summed E-state index contributed by atoms with van der Waals surface area (Å²) in [4.78, 5) is 0.0655. The number of nitrogen functional groups attached to an aromatic ring is 1. The Balaban J connectivity index is 2.58. The van der Waals surface area contributed by atoms with E-state index in [1.807, 2.05) is 6.07 Å². The van der Waals surface area contributed by atoms with Crippen LogP contribution >= 0.6 is 0 Å². The molecule has 0 aromatic heterocycles. The molecule has 0 aliphatic heterocycles. The molecule has 2 aromatic rings. The fraction of sp³-hybridized carbons (Fsp3) is 0.200. The predicted molar refractivity (Wildman–Crippen MR) is 84.1 cm³/mol. The highest BCUT2D eigenvalue weighted by atomic mass is 32.2. The van der Waals surface area contributed by atoms with Crippen LogP contribution < -0.4 is 14.8 Å². The number of sulfonamides is 1. The van der Waals surface area contributed by atoms with Gasteiger partial charge in [0.25, 0.3) is 10.0 Å². The number of hydrogen-bond donors (Lipinski definition) is 1. The Morgan fingerprint density at radius 1 is 1.14 bits per heavy atom. The van der Waals surface area contributed by atoms with E-state index in [9.17, 15) is 8.42 Å². The smallest absolute Gasteiger partial charge is 0.268 e. The van der Waals surface area contributed by atoms with Crippen LogP contribution in [0.25, 0.3) is 0 Å². The van der Waals surface area contributed by atoms with E-state index in [2.05, 4.69) is 0 Å². The van der Waals surface area contributed by atoms with Crippen molar-refractivity contribution in [1.82, 2.24) is 0 Å². The number of ether oxygens (including phenoxy) is 1. The van der Waals surface area contributed by atoms with Crippen LogP contribution in [0.15, 0.2) is 53.4 Å². The Labute approximate surface area is 125 Å². The normalized spacial score (nSPS) is 11.1. The quantitative estimate of drug-likeness (QED) is 0.861. The maximum absolute atomic E-state index is 12.9. The van der Waals surface area contributed by atoms with Crippen molar-refractivity contribution >= 4 is 21.4 Å². The van der Waals surface area contributed by atoms with Crippen LogP contribution in [-0.4, -0.2) is 22.1 Å². The molecule has 112 valence electrons. The van der Waals surface area contributed by atoms with Gasteiger partial charge in [0.15, 0.2) is 0 Å². The van der Waals surface area contributed by atoms with Crippen molar-refractivity contribution in [3.63, 3.8) is 0 Å². The zero-order valence-corrected chi connectivity index (χ0v) is 12.8. The molecule has 0 aliphatic carbocycles. The molecule has 0 bridgehead atoms. The molecule has 0 atom stereocenters. The van der Waals surface area contributed by atoms with Crippen LogP contribution in [0.4, 0.5) is 11.4 Å². The van der Waals surface area contributed by atoms with Gasteiger partial charge in [0.2, 0.25) is 0 Å². The van der Waals surface area contributed by atoms with Crippen LogP contribution in [0.1, 0.15) is 6.92 Å². The number of nitrogens with two attached hydrogens (primary N) is 1. The highest BCUT2D eigenvalue weighted by molar-refractivity contribution is 7.93. The van der Waals surface area contributed by atoms with Gasteiger partial charge in [-0.1, -0.05) is 18.2 Å². The van der Waals surface area contributed by atoms with E-state index < -0.39 is 10.0 Å². The molecule has 0 spiro atoms. The molecule has 0 heterocycles. The molecule has 0 saturated carbocycles. The fourth-order valence-corrected chi connectivity index (χ4v) is 3.77. The molecule has 0 radical (unpaired) electrons. The molecule has 2 aromatic carbocycles. The highest BCUT2D eigenvalue weighted by Crippen LogP contribution is 2.31. The van der Waals surface area contributed by atoms with E-state index in [-0.39, 0.29) is 10.6 Å². The van der Waals surface area contributed by atoms with E-state index in [1.54, 1.807) is 43.3 Å². The largest absolute Gasteiger partial charge is 0.495 e. The van der Waals surface area contributed by atoms with E-state index >= 15 is 0 Å². The average Bonchev–Trinajstić information content (AvgIpc) is 2.49. The SMILES string of the molecule is CCN(c1ccccc1)S(=O)(=O)c1cc(N)ccc1OC. The summed E-state index contributed by atoms with van der Waals surface area (Å²) in [5, 5.41) is 0. The Hall–Kier alpha value is -2.21. The third kappa shape index (κ3) is 2.95. The fourth-order valence-electron chi connectivity index (χ4n) is 2.10. The first kappa shape index (κ1) is 15.2. The zero-order valence-electron chi connectivity index (χ0n) is 12.0. The predicted octanol–water partition coefficient (Wildman–Crippen LogP) is 2.49. The summed E-state index contributed by atoms with van der Waals surface area (Å²) in [5.41, 5.74) is 6.70.